The number of nitrogens with one attached hydrogen (secondary N) is 1. The maximum absolute atomic E-state index is 12.9. The Kier molecular flexibility index (Phi) is 5.14. The van der Waals surface area contributed by atoms with E-state index in [1.165, 1.54) is 12.1 Å². The van der Waals surface area contributed by atoms with Crippen LogP contribution in [-0.4, -0.2) is 11.1 Å². The molecule has 0 saturated heterocycles. The molecule has 0 aliphatic rings. The first-order chi connectivity index (χ1) is 12.0. The lowest BCUT2D eigenvalue weighted by Gasteiger charge is -2.13. The Bertz CT molecular complexity index is 860. The molecule has 1 unspecified atom stereocenters. The third-order valence-electron chi connectivity index (χ3n) is 3.80. The van der Waals surface area contributed by atoms with Crippen LogP contribution >= 0.6 is 11.6 Å². The Balaban J connectivity index is 1.63. The van der Waals surface area contributed by atoms with E-state index in [0.29, 0.717) is 17.1 Å². The first kappa shape index (κ1) is 17.2. The summed E-state index contributed by atoms with van der Waals surface area (Å²) in [6.45, 7) is 1.87. The van der Waals surface area contributed by atoms with Crippen LogP contribution in [-0.2, 0) is 6.42 Å². The molecule has 0 radical (unpaired) electrons. The van der Waals surface area contributed by atoms with Gasteiger partial charge in [-0.25, -0.2) is 4.39 Å². The Hall–Kier alpha value is -2.66. The summed E-state index contributed by atoms with van der Waals surface area (Å²) < 4.78 is 18.0. The minimum Gasteiger partial charge on any atom is -0.351 e. The minimum atomic E-state index is -0.347. The van der Waals surface area contributed by atoms with Crippen molar-refractivity contribution in [2.24, 2.45) is 0 Å². The van der Waals surface area contributed by atoms with E-state index in [2.05, 4.69) is 10.5 Å². The smallest absolute Gasteiger partial charge is 0.290 e. The van der Waals surface area contributed by atoms with Crippen molar-refractivity contribution in [3.8, 4) is 0 Å². The van der Waals surface area contributed by atoms with E-state index in [0.717, 1.165) is 11.1 Å². The summed E-state index contributed by atoms with van der Waals surface area (Å²) in [5, 5.41) is 7.39. The predicted octanol–water partition coefficient (Wildman–Crippen LogP) is 4.55. The van der Waals surface area contributed by atoms with Crippen molar-refractivity contribution in [1.82, 2.24) is 10.5 Å². The van der Waals surface area contributed by atoms with E-state index >= 15 is 0 Å². The van der Waals surface area contributed by atoms with E-state index < -0.39 is 0 Å². The third-order valence-corrected chi connectivity index (χ3v) is 4.05. The van der Waals surface area contributed by atoms with Crippen molar-refractivity contribution in [3.63, 3.8) is 0 Å². The van der Waals surface area contributed by atoms with Crippen LogP contribution in [0.15, 0.2) is 59.1 Å². The van der Waals surface area contributed by atoms with Crippen molar-refractivity contribution < 1.29 is 13.7 Å². The lowest BCUT2D eigenvalue weighted by atomic mass is 10.1. The number of hydrogen-bond acceptors (Lipinski definition) is 3. The molecule has 1 atom stereocenters. The highest BCUT2D eigenvalue weighted by Crippen LogP contribution is 2.17. The Morgan fingerprint density at radius 3 is 2.56 bits per heavy atom. The van der Waals surface area contributed by atoms with Gasteiger partial charge in [0.25, 0.3) is 5.91 Å². The topological polar surface area (TPSA) is 55.1 Å². The number of aromatic nitrogens is 1. The van der Waals surface area contributed by atoms with Crippen LogP contribution in [0.1, 0.15) is 40.3 Å². The molecule has 1 heterocycles. The summed E-state index contributed by atoms with van der Waals surface area (Å²) in [5.74, 6) is -0.501. The van der Waals surface area contributed by atoms with Crippen molar-refractivity contribution >= 4 is 17.5 Å². The SMILES string of the molecule is CC(NC(=O)c1cc(Cc2ccc(F)cc2)no1)c1ccc(Cl)cc1. The molecular weight excluding hydrogens is 343 g/mol. The standard InChI is InChI=1S/C19H16ClFN2O2/c1-12(14-4-6-15(20)7-5-14)22-19(24)18-11-17(23-25-18)10-13-2-8-16(21)9-3-13/h2-9,11-12H,10H2,1H3,(H,22,24). The molecule has 3 rings (SSSR count). The first-order valence-corrected chi connectivity index (χ1v) is 8.15. The number of nitrogens with zero attached hydrogens (tertiary/aromatic N) is 1. The van der Waals surface area contributed by atoms with Crippen molar-refractivity contribution in [2.75, 3.05) is 0 Å². The molecule has 3 aromatic rings. The lowest BCUT2D eigenvalue weighted by molar-refractivity contribution is 0.0902. The van der Waals surface area contributed by atoms with Gasteiger partial charge in [0.2, 0.25) is 5.76 Å². The highest BCUT2D eigenvalue weighted by Gasteiger charge is 2.16. The van der Waals surface area contributed by atoms with Crippen molar-refractivity contribution in [1.29, 1.82) is 0 Å². The van der Waals surface area contributed by atoms with Crippen LogP contribution in [0.25, 0.3) is 0 Å². The highest BCUT2D eigenvalue weighted by atomic mass is 35.5. The van der Waals surface area contributed by atoms with Gasteiger partial charge >= 0.3 is 0 Å². The van der Waals surface area contributed by atoms with E-state index in [1.807, 2.05) is 19.1 Å². The first-order valence-electron chi connectivity index (χ1n) is 7.77. The molecule has 0 fully saturated rings. The molecule has 1 aromatic heterocycles. The number of carbonyl (C=O) groups is 1. The fraction of sp³-hybridized carbons (Fsp3) is 0.158. The normalized spacial score (nSPS) is 12.0. The summed E-state index contributed by atoms with van der Waals surface area (Å²) >= 11 is 5.86. The van der Waals surface area contributed by atoms with Gasteiger partial charge in [-0.1, -0.05) is 41.0 Å². The van der Waals surface area contributed by atoms with Crippen molar-refractivity contribution in [3.05, 3.63) is 88.0 Å². The molecule has 128 valence electrons. The maximum Gasteiger partial charge on any atom is 0.290 e. The number of benzene rings is 2. The molecule has 1 N–H and O–H groups in total. The van der Waals surface area contributed by atoms with Crippen LogP contribution in [0.5, 0.6) is 0 Å². The second kappa shape index (κ2) is 7.49. The molecular formula is C19H16ClFN2O2. The molecule has 0 saturated carbocycles. The van der Waals surface area contributed by atoms with Crippen LogP contribution in [0.2, 0.25) is 5.02 Å². The average Bonchev–Trinajstić information content (AvgIpc) is 3.06. The molecule has 0 aliphatic heterocycles. The van der Waals surface area contributed by atoms with Crippen molar-refractivity contribution in [2.45, 2.75) is 19.4 Å². The van der Waals surface area contributed by atoms with Gasteiger partial charge in [-0.05, 0) is 42.3 Å². The monoisotopic (exact) mass is 358 g/mol. The molecule has 6 heteroatoms. The second-order valence-corrected chi connectivity index (χ2v) is 6.17. The summed E-state index contributed by atoms with van der Waals surface area (Å²) in [6, 6.07) is 14.8. The Morgan fingerprint density at radius 1 is 1.20 bits per heavy atom. The summed E-state index contributed by atoms with van der Waals surface area (Å²) in [4.78, 5) is 12.3. The zero-order valence-corrected chi connectivity index (χ0v) is 14.3. The number of hydrogen-bond donors (Lipinski definition) is 1. The summed E-state index contributed by atoms with van der Waals surface area (Å²) in [7, 11) is 0. The molecule has 1 amide bonds. The van der Waals surface area contributed by atoms with Gasteiger partial charge in [0.1, 0.15) is 5.82 Å². The second-order valence-electron chi connectivity index (χ2n) is 5.73. The van der Waals surface area contributed by atoms with Gasteiger partial charge in [0, 0.05) is 17.5 Å². The molecule has 0 bridgehead atoms. The highest BCUT2D eigenvalue weighted by molar-refractivity contribution is 6.30. The van der Waals surface area contributed by atoms with Crippen LogP contribution in [0.3, 0.4) is 0 Å². The molecule has 4 nitrogen and oxygen atoms in total. The summed E-state index contributed by atoms with van der Waals surface area (Å²) in [6.07, 6.45) is 0.462. The largest absolute Gasteiger partial charge is 0.351 e. The van der Waals surface area contributed by atoms with Gasteiger partial charge in [-0.2, -0.15) is 0 Å². The van der Waals surface area contributed by atoms with Gasteiger partial charge in [0.15, 0.2) is 0 Å². The van der Waals surface area contributed by atoms with Gasteiger partial charge in [0.05, 0.1) is 11.7 Å². The molecule has 0 spiro atoms. The fourth-order valence-electron chi connectivity index (χ4n) is 2.42. The minimum absolute atomic E-state index is 0.137. The van der Waals surface area contributed by atoms with Gasteiger partial charge in [-0.15, -0.1) is 0 Å². The molecule has 2 aromatic carbocycles. The average molecular weight is 359 g/mol. The third kappa shape index (κ3) is 4.45. The zero-order valence-electron chi connectivity index (χ0n) is 13.5. The maximum atomic E-state index is 12.9. The summed E-state index contributed by atoms with van der Waals surface area (Å²) in [5.41, 5.74) is 2.43. The Morgan fingerprint density at radius 2 is 1.88 bits per heavy atom. The zero-order chi connectivity index (χ0) is 17.8. The lowest BCUT2D eigenvalue weighted by Crippen LogP contribution is -2.26. The van der Waals surface area contributed by atoms with Crippen LogP contribution < -0.4 is 5.32 Å². The van der Waals surface area contributed by atoms with Gasteiger partial charge in [-0.3, -0.25) is 4.79 Å². The number of carbonyl (C=O) groups excluding carboxylic acids is 1. The van der Waals surface area contributed by atoms with E-state index in [9.17, 15) is 9.18 Å². The molecule has 25 heavy (non-hydrogen) atoms. The Labute approximate surface area is 149 Å². The van der Waals surface area contributed by atoms with E-state index in [4.69, 9.17) is 16.1 Å². The quantitative estimate of drug-likeness (QED) is 0.728. The number of rotatable bonds is 5. The number of halogens is 2. The number of amides is 1. The fourth-order valence-corrected chi connectivity index (χ4v) is 2.54. The van der Waals surface area contributed by atoms with E-state index in [-0.39, 0.29) is 23.5 Å². The van der Waals surface area contributed by atoms with Gasteiger partial charge < -0.3 is 9.84 Å². The van der Waals surface area contributed by atoms with Crippen LogP contribution in [0, 0.1) is 5.82 Å². The predicted molar refractivity (Wildman–Crippen MR) is 93.0 cm³/mol. The van der Waals surface area contributed by atoms with E-state index in [1.54, 1.807) is 30.3 Å². The molecule has 0 aliphatic carbocycles. The van der Waals surface area contributed by atoms with Crippen LogP contribution in [0.4, 0.5) is 4.39 Å².